The van der Waals surface area contributed by atoms with Gasteiger partial charge in [-0.25, -0.2) is 9.69 Å². The molecule has 1 atom stereocenters. The van der Waals surface area contributed by atoms with Gasteiger partial charge < -0.3 is 5.32 Å². The van der Waals surface area contributed by atoms with Crippen LogP contribution in [-0.2, 0) is 4.79 Å². The molecule has 1 saturated heterocycles. The van der Waals surface area contributed by atoms with Crippen LogP contribution in [0.5, 0.6) is 0 Å². The average Bonchev–Trinajstić information content (AvgIpc) is 2.38. The van der Waals surface area contributed by atoms with Crippen LogP contribution in [0.4, 0.5) is 16.2 Å². The fourth-order valence-corrected chi connectivity index (χ4v) is 2.05. The number of nitrogens with one attached hydrogen (secondary N) is 1. The maximum Gasteiger partial charge on any atom is 0.328 e. The van der Waals surface area contributed by atoms with Gasteiger partial charge in [-0.3, -0.25) is 14.9 Å². The number of non-ortho nitro benzene ring substituents is 1. The molecule has 1 aliphatic heterocycles. The molecular weight excluding hydrogens is 262 g/mol. The topological polar surface area (TPSA) is 92.6 Å². The van der Waals surface area contributed by atoms with Gasteiger partial charge in [-0.15, -0.1) is 0 Å². The third kappa shape index (κ3) is 2.61. The molecule has 1 aromatic rings. The molecule has 1 aromatic carbocycles. The third-order valence-corrected chi connectivity index (χ3v) is 3.28. The number of hydrogen-bond donors (Lipinski definition) is 1. The highest BCUT2D eigenvalue weighted by atomic mass is 16.6. The molecule has 3 amide bonds. The smallest absolute Gasteiger partial charge is 0.328 e. The molecule has 1 unspecified atom stereocenters. The van der Waals surface area contributed by atoms with E-state index in [1.54, 1.807) is 0 Å². The second kappa shape index (κ2) is 5.28. The summed E-state index contributed by atoms with van der Waals surface area (Å²) in [5, 5.41) is 13.3. The molecule has 106 valence electrons. The summed E-state index contributed by atoms with van der Waals surface area (Å²) in [6.45, 7) is 3.86. The van der Waals surface area contributed by atoms with Gasteiger partial charge in [0, 0.05) is 24.6 Å². The van der Waals surface area contributed by atoms with E-state index in [1.165, 1.54) is 24.3 Å². The molecule has 20 heavy (non-hydrogen) atoms. The summed E-state index contributed by atoms with van der Waals surface area (Å²) in [7, 11) is 0. The molecule has 1 fully saturated rings. The van der Waals surface area contributed by atoms with Crippen molar-refractivity contribution in [3.63, 3.8) is 0 Å². The van der Waals surface area contributed by atoms with E-state index in [0.717, 1.165) is 4.90 Å². The minimum absolute atomic E-state index is 0.0846. The Morgan fingerprint density at radius 3 is 2.35 bits per heavy atom. The van der Waals surface area contributed by atoms with Gasteiger partial charge in [0.15, 0.2) is 0 Å². The molecule has 0 saturated carbocycles. The summed E-state index contributed by atoms with van der Waals surface area (Å²) in [6, 6.07) is 4.66. The Bertz CT molecular complexity index is 535. The van der Waals surface area contributed by atoms with Gasteiger partial charge in [-0.1, -0.05) is 13.8 Å². The van der Waals surface area contributed by atoms with E-state index in [4.69, 9.17) is 0 Å². The Morgan fingerprint density at radius 1 is 1.30 bits per heavy atom. The SMILES string of the molecule is CC(C)C1CC(=O)N(c2ccc([N+](=O)[O-])cc2)C(=O)N1. The van der Waals surface area contributed by atoms with E-state index in [2.05, 4.69) is 5.32 Å². The Morgan fingerprint density at radius 2 is 1.90 bits per heavy atom. The quantitative estimate of drug-likeness (QED) is 0.676. The summed E-state index contributed by atoms with van der Waals surface area (Å²) in [4.78, 5) is 35.1. The van der Waals surface area contributed by atoms with Crippen molar-refractivity contribution in [3.8, 4) is 0 Å². The molecule has 0 bridgehead atoms. The zero-order valence-electron chi connectivity index (χ0n) is 11.2. The van der Waals surface area contributed by atoms with Gasteiger partial charge in [0.05, 0.1) is 10.6 Å². The number of nitro groups is 1. The first-order valence-electron chi connectivity index (χ1n) is 6.28. The first kappa shape index (κ1) is 14.0. The van der Waals surface area contributed by atoms with Crippen LogP contribution in [0.25, 0.3) is 0 Å². The van der Waals surface area contributed by atoms with Gasteiger partial charge in [0.1, 0.15) is 0 Å². The van der Waals surface area contributed by atoms with Crippen molar-refractivity contribution in [2.45, 2.75) is 26.3 Å². The van der Waals surface area contributed by atoms with Crippen molar-refractivity contribution in [1.29, 1.82) is 0 Å². The second-order valence-electron chi connectivity index (χ2n) is 5.01. The Hall–Kier alpha value is -2.44. The summed E-state index contributed by atoms with van der Waals surface area (Å²) >= 11 is 0. The standard InChI is InChI=1S/C13H15N3O4/c1-8(2)11-7-12(17)15(13(18)14-11)9-3-5-10(6-4-9)16(19)20/h3-6,8,11H,7H2,1-2H3,(H,14,18). The number of amides is 3. The predicted octanol–water partition coefficient (Wildman–Crippen LogP) is 2.07. The van der Waals surface area contributed by atoms with Crippen LogP contribution >= 0.6 is 0 Å². The summed E-state index contributed by atoms with van der Waals surface area (Å²) < 4.78 is 0. The van der Waals surface area contributed by atoms with Crippen LogP contribution in [0.3, 0.4) is 0 Å². The number of rotatable bonds is 3. The van der Waals surface area contributed by atoms with E-state index in [9.17, 15) is 19.7 Å². The van der Waals surface area contributed by atoms with Gasteiger partial charge in [0.2, 0.25) is 5.91 Å². The normalized spacial score (nSPS) is 19.1. The van der Waals surface area contributed by atoms with Gasteiger partial charge in [0.25, 0.3) is 5.69 Å². The molecule has 7 heteroatoms. The molecule has 2 rings (SSSR count). The van der Waals surface area contributed by atoms with Crippen LogP contribution in [0.15, 0.2) is 24.3 Å². The lowest BCUT2D eigenvalue weighted by Gasteiger charge is -2.33. The lowest BCUT2D eigenvalue weighted by atomic mass is 9.98. The Kier molecular flexibility index (Phi) is 3.69. The number of carbonyl (C=O) groups is 2. The number of anilines is 1. The van der Waals surface area contributed by atoms with Crippen molar-refractivity contribution in [1.82, 2.24) is 5.32 Å². The Labute approximate surface area is 115 Å². The van der Waals surface area contributed by atoms with Gasteiger partial charge in [-0.2, -0.15) is 0 Å². The highest BCUT2D eigenvalue weighted by Crippen LogP contribution is 2.23. The second-order valence-corrected chi connectivity index (χ2v) is 5.01. The van der Waals surface area contributed by atoms with E-state index in [1.807, 2.05) is 13.8 Å². The first-order valence-corrected chi connectivity index (χ1v) is 6.28. The monoisotopic (exact) mass is 277 g/mol. The largest absolute Gasteiger partial charge is 0.334 e. The van der Waals surface area contributed by atoms with Gasteiger partial charge >= 0.3 is 6.03 Å². The van der Waals surface area contributed by atoms with Crippen LogP contribution in [0.2, 0.25) is 0 Å². The summed E-state index contributed by atoms with van der Waals surface area (Å²) in [6.07, 6.45) is 0.223. The minimum atomic E-state index is -0.531. The van der Waals surface area contributed by atoms with E-state index in [-0.39, 0.29) is 30.0 Å². The first-order chi connectivity index (χ1) is 9.40. The van der Waals surface area contributed by atoms with E-state index >= 15 is 0 Å². The number of carbonyl (C=O) groups excluding carboxylic acids is 2. The van der Waals surface area contributed by atoms with Gasteiger partial charge in [-0.05, 0) is 18.1 Å². The zero-order valence-corrected chi connectivity index (χ0v) is 11.2. The molecule has 0 spiro atoms. The maximum atomic E-state index is 12.1. The van der Waals surface area contributed by atoms with Crippen LogP contribution in [-0.4, -0.2) is 22.9 Å². The van der Waals surface area contributed by atoms with Crippen LogP contribution < -0.4 is 10.2 Å². The van der Waals surface area contributed by atoms with Crippen LogP contribution in [0.1, 0.15) is 20.3 Å². The molecule has 0 radical (unpaired) electrons. The fraction of sp³-hybridized carbons (Fsp3) is 0.385. The molecule has 1 aliphatic rings. The van der Waals surface area contributed by atoms with Crippen molar-refractivity contribution >= 4 is 23.3 Å². The summed E-state index contributed by atoms with van der Waals surface area (Å²) in [5.41, 5.74) is 0.249. The lowest BCUT2D eigenvalue weighted by molar-refractivity contribution is -0.384. The number of imide groups is 1. The zero-order chi connectivity index (χ0) is 14.9. The van der Waals surface area contributed by atoms with Crippen LogP contribution in [0, 0.1) is 16.0 Å². The predicted molar refractivity (Wildman–Crippen MR) is 72.4 cm³/mol. The van der Waals surface area contributed by atoms with E-state index < -0.39 is 11.0 Å². The average molecular weight is 277 g/mol. The molecule has 1 heterocycles. The minimum Gasteiger partial charge on any atom is -0.334 e. The van der Waals surface area contributed by atoms with Crippen molar-refractivity contribution < 1.29 is 14.5 Å². The summed E-state index contributed by atoms with van der Waals surface area (Å²) in [5.74, 6) is -0.136. The third-order valence-electron chi connectivity index (χ3n) is 3.28. The highest BCUT2D eigenvalue weighted by Gasteiger charge is 2.34. The highest BCUT2D eigenvalue weighted by molar-refractivity contribution is 6.16. The molecule has 1 N–H and O–H groups in total. The lowest BCUT2D eigenvalue weighted by Crippen LogP contribution is -2.56. The number of nitro benzene ring substituents is 1. The van der Waals surface area contributed by atoms with E-state index in [0.29, 0.717) is 5.69 Å². The number of nitrogens with zero attached hydrogens (tertiary/aromatic N) is 2. The molecule has 0 aromatic heterocycles. The number of urea groups is 1. The maximum absolute atomic E-state index is 12.1. The number of benzene rings is 1. The van der Waals surface area contributed by atoms with Crippen molar-refractivity contribution in [3.05, 3.63) is 34.4 Å². The number of hydrogen-bond acceptors (Lipinski definition) is 4. The van der Waals surface area contributed by atoms with Crippen molar-refractivity contribution in [2.75, 3.05) is 4.90 Å². The Balaban J connectivity index is 2.22. The molecular formula is C13H15N3O4. The molecule has 7 nitrogen and oxygen atoms in total. The fourth-order valence-electron chi connectivity index (χ4n) is 2.05. The molecule has 0 aliphatic carbocycles. The van der Waals surface area contributed by atoms with Crippen molar-refractivity contribution in [2.24, 2.45) is 5.92 Å².